The van der Waals surface area contributed by atoms with Gasteiger partial charge in [-0.2, -0.15) is 11.8 Å². The molecule has 4 rings (SSSR count). The molecule has 2 aliphatic carbocycles. The van der Waals surface area contributed by atoms with E-state index in [-0.39, 0.29) is 11.9 Å². The highest BCUT2D eigenvalue weighted by Gasteiger charge is 2.57. The second kappa shape index (κ2) is 4.50. The number of rotatable bonds is 2. The quantitative estimate of drug-likeness (QED) is 0.871. The average molecular weight is 289 g/mol. The zero-order valence-corrected chi connectivity index (χ0v) is 12.2. The van der Waals surface area contributed by atoms with E-state index < -0.39 is 5.60 Å². The van der Waals surface area contributed by atoms with Gasteiger partial charge in [-0.1, -0.05) is 24.3 Å². The van der Waals surface area contributed by atoms with E-state index in [1.165, 1.54) is 11.1 Å². The van der Waals surface area contributed by atoms with Crippen LogP contribution < -0.4 is 5.32 Å². The minimum atomic E-state index is -1.12. The molecule has 0 bridgehead atoms. The van der Waals surface area contributed by atoms with Crippen molar-refractivity contribution in [3.8, 4) is 0 Å². The fourth-order valence-electron chi connectivity index (χ4n) is 3.77. The van der Waals surface area contributed by atoms with Gasteiger partial charge >= 0.3 is 0 Å². The second-order valence-corrected chi connectivity index (χ2v) is 7.46. The van der Waals surface area contributed by atoms with Crippen molar-refractivity contribution in [2.75, 3.05) is 11.5 Å². The number of hydrogen-bond donors (Lipinski definition) is 2. The van der Waals surface area contributed by atoms with Gasteiger partial charge in [-0.25, -0.2) is 0 Å². The molecule has 106 valence electrons. The van der Waals surface area contributed by atoms with Gasteiger partial charge in [0, 0.05) is 12.0 Å². The predicted octanol–water partition coefficient (Wildman–Crippen LogP) is 1.70. The summed E-state index contributed by atoms with van der Waals surface area (Å²) in [6, 6.07) is 8.77. The largest absolute Gasteiger partial charge is 0.380 e. The van der Waals surface area contributed by atoms with Crippen molar-refractivity contribution in [1.82, 2.24) is 5.32 Å². The van der Waals surface area contributed by atoms with Crippen LogP contribution in [0.5, 0.6) is 0 Å². The maximum atomic E-state index is 12.3. The van der Waals surface area contributed by atoms with Crippen molar-refractivity contribution in [3.63, 3.8) is 0 Å². The Labute approximate surface area is 123 Å². The summed E-state index contributed by atoms with van der Waals surface area (Å²) in [5.41, 5.74) is 1.71. The Morgan fingerprint density at radius 2 is 2.05 bits per heavy atom. The molecule has 0 radical (unpaired) electrons. The van der Waals surface area contributed by atoms with E-state index >= 15 is 0 Å². The number of amides is 1. The summed E-state index contributed by atoms with van der Waals surface area (Å²) in [6.45, 7) is 0. The molecule has 1 heterocycles. The monoisotopic (exact) mass is 289 g/mol. The van der Waals surface area contributed by atoms with Gasteiger partial charge < -0.3 is 10.4 Å². The number of nitrogens with one attached hydrogen (secondary N) is 1. The van der Waals surface area contributed by atoms with Gasteiger partial charge in [0.1, 0.15) is 5.60 Å². The SMILES string of the molecule is O=C(NC1C2Cc3ccccc3C21)C1(O)CCSCC1. The molecule has 0 aromatic heterocycles. The zero-order chi connectivity index (χ0) is 13.7. The number of carbonyl (C=O) groups excluding carboxylic acids is 1. The Balaban J connectivity index is 1.44. The summed E-state index contributed by atoms with van der Waals surface area (Å²) < 4.78 is 0. The van der Waals surface area contributed by atoms with E-state index in [2.05, 4.69) is 29.6 Å². The summed E-state index contributed by atoms with van der Waals surface area (Å²) in [6.07, 6.45) is 2.24. The second-order valence-electron chi connectivity index (χ2n) is 6.24. The third-order valence-electron chi connectivity index (χ3n) is 5.08. The molecule has 3 atom stereocenters. The van der Waals surface area contributed by atoms with Crippen molar-refractivity contribution in [3.05, 3.63) is 35.4 Å². The Bertz CT molecular complexity index is 553. The highest BCUT2D eigenvalue weighted by molar-refractivity contribution is 7.99. The molecule has 2 fully saturated rings. The van der Waals surface area contributed by atoms with E-state index in [9.17, 15) is 9.90 Å². The Hall–Kier alpha value is -1.00. The van der Waals surface area contributed by atoms with Gasteiger partial charge in [0.2, 0.25) is 0 Å². The first-order valence-electron chi connectivity index (χ1n) is 7.38. The number of hydrogen-bond acceptors (Lipinski definition) is 3. The van der Waals surface area contributed by atoms with Gasteiger partial charge in [-0.05, 0) is 47.8 Å². The molecule has 1 aromatic rings. The molecule has 1 aromatic carbocycles. The molecule has 3 nitrogen and oxygen atoms in total. The van der Waals surface area contributed by atoms with Crippen LogP contribution in [0, 0.1) is 5.92 Å². The van der Waals surface area contributed by atoms with Crippen molar-refractivity contribution in [2.45, 2.75) is 36.8 Å². The molecule has 2 N–H and O–H groups in total. The third-order valence-corrected chi connectivity index (χ3v) is 6.06. The number of fused-ring (bicyclic) bond motifs is 3. The number of aliphatic hydroxyl groups is 1. The van der Waals surface area contributed by atoms with E-state index in [0.29, 0.717) is 24.7 Å². The van der Waals surface area contributed by atoms with Gasteiger partial charge in [0.25, 0.3) is 5.91 Å². The summed E-state index contributed by atoms with van der Waals surface area (Å²) in [7, 11) is 0. The van der Waals surface area contributed by atoms with Crippen molar-refractivity contribution < 1.29 is 9.90 Å². The summed E-state index contributed by atoms with van der Waals surface area (Å²) in [5.74, 6) is 2.65. The minimum absolute atomic E-state index is 0.144. The lowest BCUT2D eigenvalue weighted by Crippen LogP contribution is -2.50. The maximum Gasteiger partial charge on any atom is 0.252 e. The van der Waals surface area contributed by atoms with Gasteiger partial charge in [-0.3, -0.25) is 4.79 Å². The normalized spacial score (nSPS) is 33.1. The Kier molecular flexibility index (Phi) is 2.86. The van der Waals surface area contributed by atoms with Crippen LogP contribution in [0.2, 0.25) is 0 Å². The van der Waals surface area contributed by atoms with Crippen LogP contribution >= 0.6 is 11.8 Å². The van der Waals surface area contributed by atoms with Crippen molar-refractivity contribution >= 4 is 17.7 Å². The molecule has 20 heavy (non-hydrogen) atoms. The molecular formula is C16H19NO2S. The molecular weight excluding hydrogens is 270 g/mol. The van der Waals surface area contributed by atoms with Crippen LogP contribution in [0.1, 0.15) is 29.9 Å². The van der Waals surface area contributed by atoms with E-state index in [1.807, 2.05) is 11.8 Å². The van der Waals surface area contributed by atoms with Crippen LogP contribution in [-0.4, -0.2) is 34.2 Å². The van der Waals surface area contributed by atoms with Crippen LogP contribution in [0.25, 0.3) is 0 Å². The van der Waals surface area contributed by atoms with Crippen LogP contribution in [0.15, 0.2) is 24.3 Å². The molecule has 1 aliphatic heterocycles. The predicted molar refractivity (Wildman–Crippen MR) is 79.8 cm³/mol. The van der Waals surface area contributed by atoms with Crippen LogP contribution in [0.3, 0.4) is 0 Å². The van der Waals surface area contributed by atoms with Gasteiger partial charge in [0.05, 0.1) is 0 Å². The van der Waals surface area contributed by atoms with Crippen molar-refractivity contribution in [1.29, 1.82) is 0 Å². The first-order valence-corrected chi connectivity index (χ1v) is 8.53. The number of thioether (sulfide) groups is 1. The fourth-order valence-corrected chi connectivity index (χ4v) is 4.94. The van der Waals surface area contributed by atoms with E-state index in [1.54, 1.807) is 0 Å². The summed E-state index contributed by atoms with van der Waals surface area (Å²) >= 11 is 1.82. The van der Waals surface area contributed by atoms with E-state index in [0.717, 1.165) is 17.9 Å². The summed E-state index contributed by atoms with van der Waals surface area (Å²) in [4.78, 5) is 12.3. The number of benzene rings is 1. The minimum Gasteiger partial charge on any atom is -0.380 e. The van der Waals surface area contributed by atoms with Crippen molar-refractivity contribution in [2.24, 2.45) is 5.92 Å². The number of carbonyl (C=O) groups is 1. The first-order chi connectivity index (χ1) is 9.69. The Morgan fingerprint density at radius 3 is 2.85 bits per heavy atom. The lowest BCUT2D eigenvalue weighted by atomic mass is 9.95. The van der Waals surface area contributed by atoms with E-state index in [4.69, 9.17) is 0 Å². The highest BCUT2D eigenvalue weighted by atomic mass is 32.2. The Morgan fingerprint density at radius 1 is 1.30 bits per heavy atom. The standard InChI is InChI=1S/C16H19NO2S/c18-15(16(19)5-7-20-8-6-16)17-14-12-9-10-3-1-2-4-11(10)13(12)14/h1-4,12-14,19H,5-9H2,(H,17,18). The molecule has 1 saturated carbocycles. The average Bonchev–Trinajstić information content (AvgIpc) is 2.97. The van der Waals surface area contributed by atoms with Gasteiger partial charge in [0.15, 0.2) is 0 Å². The molecule has 3 aliphatic rings. The van der Waals surface area contributed by atoms with Crippen LogP contribution in [0.4, 0.5) is 0 Å². The first kappa shape index (κ1) is 12.7. The molecule has 0 spiro atoms. The van der Waals surface area contributed by atoms with Crippen LogP contribution in [-0.2, 0) is 11.2 Å². The lowest BCUT2D eigenvalue weighted by Gasteiger charge is -2.30. The third kappa shape index (κ3) is 1.89. The molecule has 4 heteroatoms. The molecule has 3 unspecified atom stereocenters. The smallest absolute Gasteiger partial charge is 0.252 e. The fraction of sp³-hybridized carbons (Fsp3) is 0.562. The zero-order valence-electron chi connectivity index (χ0n) is 11.3. The maximum absolute atomic E-state index is 12.3. The topological polar surface area (TPSA) is 49.3 Å². The highest BCUT2D eigenvalue weighted by Crippen LogP contribution is 2.56. The lowest BCUT2D eigenvalue weighted by molar-refractivity contribution is -0.140. The summed E-state index contributed by atoms with van der Waals surface area (Å²) in [5, 5.41) is 13.6. The molecule has 1 saturated heterocycles. The van der Waals surface area contributed by atoms with Gasteiger partial charge in [-0.15, -0.1) is 0 Å². The molecule has 1 amide bonds.